The Hall–Kier alpha value is -0.540. The normalized spacial score (nSPS) is 17.3. The molecule has 0 heterocycles. The van der Waals surface area contributed by atoms with E-state index in [2.05, 4.69) is 35.8 Å². The van der Waals surface area contributed by atoms with E-state index in [9.17, 15) is 0 Å². The molecular formula is C13H18BrNO. The van der Waals surface area contributed by atoms with Gasteiger partial charge in [-0.15, -0.1) is 0 Å². The highest BCUT2D eigenvalue weighted by atomic mass is 79.9. The maximum atomic E-state index is 6.19. The van der Waals surface area contributed by atoms with Gasteiger partial charge in [-0.1, -0.05) is 0 Å². The Bertz CT molecular complexity index is 424. The van der Waals surface area contributed by atoms with E-state index in [4.69, 9.17) is 10.5 Å². The second-order valence-corrected chi connectivity index (χ2v) is 5.65. The largest absolute Gasteiger partial charge is 0.496 e. The number of rotatable bonds is 3. The number of hydrogen-bond donors (Lipinski definition) is 1. The molecule has 0 spiro atoms. The fourth-order valence-corrected chi connectivity index (χ4v) is 2.59. The van der Waals surface area contributed by atoms with Crippen molar-refractivity contribution in [2.75, 3.05) is 7.11 Å². The van der Waals surface area contributed by atoms with Crippen molar-refractivity contribution in [3.05, 3.63) is 27.2 Å². The number of halogens is 1. The van der Waals surface area contributed by atoms with Gasteiger partial charge in [0.05, 0.1) is 11.6 Å². The van der Waals surface area contributed by atoms with Crippen LogP contribution >= 0.6 is 15.9 Å². The number of nitrogens with two attached hydrogens (primary N) is 1. The smallest absolute Gasteiger partial charge is 0.133 e. The summed E-state index contributed by atoms with van der Waals surface area (Å²) in [4.78, 5) is 0. The van der Waals surface area contributed by atoms with Gasteiger partial charge in [-0.25, -0.2) is 0 Å². The van der Waals surface area contributed by atoms with Crippen LogP contribution in [-0.2, 0) is 6.42 Å². The molecule has 2 N–H and O–H groups in total. The highest BCUT2D eigenvalue weighted by Gasteiger charge is 2.38. The predicted molar refractivity (Wildman–Crippen MR) is 70.0 cm³/mol. The van der Waals surface area contributed by atoms with Gasteiger partial charge in [-0.05, 0) is 71.8 Å². The highest BCUT2D eigenvalue weighted by Crippen LogP contribution is 2.40. The SMILES string of the molecule is COc1cc(C)c(CC2(N)CC2)c(C)c1Br. The standard InChI is InChI=1S/C13H18BrNO/c1-8-6-11(16-3)12(14)9(2)10(8)7-13(15)4-5-13/h6H,4-5,7,15H2,1-3H3. The fraction of sp³-hybridized carbons (Fsp3) is 0.538. The lowest BCUT2D eigenvalue weighted by Gasteiger charge is -2.17. The summed E-state index contributed by atoms with van der Waals surface area (Å²) in [5.74, 6) is 0.903. The van der Waals surface area contributed by atoms with Gasteiger partial charge in [0.2, 0.25) is 0 Å². The molecule has 0 aliphatic heterocycles. The summed E-state index contributed by atoms with van der Waals surface area (Å²) in [5, 5.41) is 0. The Morgan fingerprint density at radius 2 is 2.06 bits per heavy atom. The van der Waals surface area contributed by atoms with Crippen molar-refractivity contribution in [3.8, 4) is 5.75 Å². The molecule has 88 valence electrons. The van der Waals surface area contributed by atoms with Crippen LogP contribution in [0, 0.1) is 13.8 Å². The molecule has 0 aromatic heterocycles. The molecule has 3 heteroatoms. The van der Waals surface area contributed by atoms with Crippen LogP contribution in [0.2, 0.25) is 0 Å². The Balaban J connectivity index is 2.41. The quantitative estimate of drug-likeness (QED) is 0.925. The summed E-state index contributed by atoms with van der Waals surface area (Å²) < 4.78 is 6.38. The van der Waals surface area contributed by atoms with Crippen molar-refractivity contribution < 1.29 is 4.74 Å². The average Bonchev–Trinajstić information content (AvgIpc) is 2.97. The molecule has 1 aromatic carbocycles. The maximum Gasteiger partial charge on any atom is 0.133 e. The van der Waals surface area contributed by atoms with E-state index in [0.717, 1.165) is 29.5 Å². The first-order valence-electron chi connectivity index (χ1n) is 5.58. The van der Waals surface area contributed by atoms with Crippen LogP contribution in [0.3, 0.4) is 0 Å². The second-order valence-electron chi connectivity index (χ2n) is 4.85. The molecule has 1 fully saturated rings. The van der Waals surface area contributed by atoms with Crippen molar-refractivity contribution in [1.29, 1.82) is 0 Å². The molecule has 0 radical (unpaired) electrons. The van der Waals surface area contributed by atoms with Gasteiger partial charge in [-0.3, -0.25) is 0 Å². The Morgan fingerprint density at radius 1 is 1.44 bits per heavy atom. The summed E-state index contributed by atoms with van der Waals surface area (Å²) in [6.45, 7) is 4.25. The topological polar surface area (TPSA) is 35.2 Å². The molecule has 0 atom stereocenters. The molecule has 1 aromatic rings. The number of methoxy groups -OCH3 is 1. The number of benzene rings is 1. The second kappa shape index (κ2) is 4.04. The Morgan fingerprint density at radius 3 is 2.56 bits per heavy atom. The monoisotopic (exact) mass is 283 g/mol. The molecule has 0 saturated heterocycles. The summed E-state index contributed by atoms with van der Waals surface area (Å²) in [5.41, 5.74) is 10.1. The lowest BCUT2D eigenvalue weighted by atomic mass is 9.95. The van der Waals surface area contributed by atoms with Crippen LogP contribution in [0.5, 0.6) is 5.75 Å². The summed E-state index contributed by atoms with van der Waals surface area (Å²) in [7, 11) is 1.70. The van der Waals surface area contributed by atoms with Gasteiger partial charge in [0.25, 0.3) is 0 Å². The van der Waals surface area contributed by atoms with Crippen molar-refractivity contribution in [1.82, 2.24) is 0 Å². The lowest BCUT2D eigenvalue weighted by molar-refractivity contribution is 0.411. The predicted octanol–water partition coefficient (Wildman–Crippen LogP) is 3.11. The zero-order valence-electron chi connectivity index (χ0n) is 10.1. The van der Waals surface area contributed by atoms with E-state index in [1.54, 1.807) is 7.11 Å². The first kappa shape index (κ1) is 11.9. The fourth-order valence-electron chi connectivity index (χ4n) is 2.07. The van der Waals surface area contributed by atoms with Gasteiger partial charge in [0.1, 0.15) is 5.75 Å². The Kier molecular flexibility index (Phi) is 3.01. The molecule has 2 rings (SSSR count). The lowest BCUT2D eigenvalue weighted by Crippen LogP contribution is -2.25. The van der Waals surface area contributed by atoms with E-state index in [-0.39, 0.29) is 5.54 Å². The van der Waals surface area contributed by atoms with Gasteiger partial charge in [0, 0.05) is 5.54 Å². The molecule has 2 nitrogen and oxygen atoms in total. The number of aryl methyl sites for hydroxylation is 1. The molecule has 1 aliphatic carbocycles. The number of hydrogen-bond acceptors (Lipinski definition) is 2. The minimum absolute atomic E-state index is 0.0591. The van der Waals surface area contributed by atoms with Gasteiger partial charge < -0.3 is 10.5 Å². The van der Waals surface area contributed by atoms with Crippen molar-refractivity contribution >= 4 is 15.9 Å². The molecule has 1 aliphatic rings. The van der Waals surface area contributed by atoms with Gasteiger partial charge in [-0.2, -0.15) is 0 Å². The number of ether oxygens (including phenoxy) is 1. The molecule has 0 amide bonds. The van der Waals surface area contributed by atoms with Crippen LogP contribution in [-0.4, -0.2) is 12.6 Å². The molecule has 16 heavy (non-hydrogen) atoms. The third kappa shape index (κ3) is 2.11. The van der Waals surface area contributed by atoms with Crippen LogP contribution in [0.15, 0.2) is 10.5 Å². The minimum Gasteiger partial charge on any atom is -0.496 e. The van der Waals surface area contributed by atoms with E-state index >= 15 is 0 Å². The van der Waals surface area contributed by atoms with E-state index in [1.807, 2.05) is 0 Å². The van der Waals surface area contributed by atoms with Crippen LogP contribution in [0.25, 0.3) is 0 Å². The first-order valence-corrected chi connectivity index (χ1v) is 6.37. The zero-order valence-corrected chi connectivity index (χ0v) is 11.6. The average molecular weight is 284 g/mol. The van der Waals surface area contributed by atoms with E-state index in [0.29, 0.717) is 0 Å². The molecule has 0 bridgehead atoms. The minimum atomic E-state index is 0.0591. The summed E-state index contributed by atoms with van der Waals surface area (Å²) >= 11 is 3.59. The third-order valence-electron chi connectivity index (χ3n) is 3.46. The molecule has 1 saturated carbocycles. The van der Waals surface area contributed by atoms with Crippen molar-refractivity contribution in [2.45, 2.75) is 38.6 Å². The molecular weight excluding hydrogens is 266 g/mol. The van der Waals surface area contributed by atoms with Gasteiger partial charge in [0.15, 0.2) is 0 Å². The Labute approximate surface area is 105 Å². The first-order chi connectivity index (χ1) is 7.47. The van der Waals surface area contributed by atoms with Crippen LogP contribution < -0.4 is 10.5 Å². The molecule has 0 unspecified atom stereocenters. The highest BCUT2D eigenvalue weighted by molar-refractivity contribution is 9.10. The van der Waals surface area contributed by atoms with E-state index < -0.39 is 0 Å². The van der Waals surface area contributed by atoms with Crippen LogP contribution in [0.4, 0.5) is 0 Å². The maximum absolute atomic E-state index is 6.19. The van der Waals surface area contributed by atoms with Crippen LogP contribution in [0.1, 0.15) is 29.5 Å². The van der Waals surface area contributed by atoms with Crippen molar-refractivity contribution in [2.24, 2.45) is 5.73 Å². The van der Waals surface area contributed by atoms with Crippen molar-refractivity contribution in [3.63, 3.8) is 0 Å². The third-order valence-corrected chi connectivity index (χ3v) is 4.45. The summed E-state index contributed by atoms with van der Waals surface area (Å²) in [6, 6.07) is 2.08. The zero-order chi connectivity index (χ0) is 11.9. The van der Waals surface area contributed by atoms with E-state index in [1.165, 1.54) is 16.7 Å². The van der Waals surface area contributed by atoms with Gasteiger partial charge >= 0.3 is 0 Å². The summed E-state index contributed by atoms with van der Waals surface area (Å²) in [6.07, 6.45) is 3.28.